The van der Waals surface area contributed by atoms with Gasteiger partial charge >= 0.3 is 0 Å². The summed E-state index contributed by atoms with van der Waals surface area (Å²) >= 11 is 1.68. The van der Waals surface area contributed by atoms with E-state index in [1.54, 1.807) is 23.9 Å². The van der Waals surface area contributed by atoms with Gasteiger partial charge in [-0.25, -0.2) is 9.97 Å². The van der Waals surface area contributed by atoms with E-state index in [-0.39, 0.29) is 23.4 Å². The number of carbonyl (C=O) groups excluding carboxylic acids is 1. The Kier molecular flexibility index (Phi) is 5.30. The number of anilines is 2. The van der Waals surface area contributed by atoms with E-state index in [0.29, 0.717) is 18.3 Å². The summed E-state index contributed by atoms with van der Waals surface area (Å²) in [6.07, 6.45) is 8.22. The molecule has 0 radical (unpaired) electrons. The Hall–Kier alpha value is -3.04. The monoisotopic (exact) mass is 517 g/mol. The van der Waals surface area contributed by atoms with Crippen LogP contribution in [0, 0.1) is 23.2 Å². The number of rotatable bonds is 6. The molecule has 37 heavy (non-hydrogen) atoms. The number of hydrogen-bond acceptors (Lipinski definition) is 8. The highest BCUT2D eigenvalue weighted by molar-refractivity contribution is 7.19. The van der Waals surface area contributed by atoms with Crippen LogP contribution in [-0.4, -0.2) is 43.8 Å². The van der Waals surface area contributed by atoms with Gasteiger partial charge in [-0.1, -0.05) is 6.92 Å². The zero-order valence-corrected chi connectivity index (χ0v) is 21.9. The van der Waals surface area contributed by atoms with Gasteiger partial charge in [0.1, 0.15) is 28.5 Å². The molecule has 8 nitrogen and oxygen atoms in total. The van der Waals surface area contributed by atoms with Gasteiger partial charge in [-0.15, -0.1) is 11.3 Å². The van der Waals surface area contributed by atoms with Crippen molar-refractivity contribution in [2.24, 2.45) is 23.2 Å². The van der Waals surface area contributed by atoms with Gasteiger partial charge in [0.25, 0.3) is 0 Å². The van der Waals surface area contributed by atoms with Crippen LogP contribution in [0.1, 0.15) is 50.0 Å². The SMILES string of the molecule is CCOc1cc2[nH]ncc2cc1Nc1ncnc2sc3c(c12)CC[C@H](C(=O)C1CC12CC(C)CC2O)C3. The number of ether oxygens (including phenoxy) is 1. The summed E-state index contributed by atoms with van der Waals surface area (Å²) in [5, 5.41) is 23.3. The summed E-state index contributed by atoms with van der Waals surface area (Å²) < 4.78 is 5.91. The highest BCUT2D eigenvalue weighted by Gasteiger charge is 2.65. The van der Waals surface area contributed by atoms with E-state index in [2.05, 4.69) is 32.4 Å². The Balaban J connectivity index is 1.17. The molecule has 0 aliphatic heterocycles. The van der Waals surface area contributed by atoms with Crippen LogP contribution in [0.5, 0.6) is 5.75 Å². The summed E-state index contributed by atoms with van der Waals surface area (Å²) in [6, 6.07) is 3.98. The number of aromatic nitrogens is 4. The molecule has 9 heteroatoms. The van der Waals surface area contributed by atoms with Gasteiger partial charge < -0.3 is 15.2 Å². The van der Waals surface area contributed by atoms with E-state index >= 15 is 0 Å². The van der Waals surface area contributed by atoms with E-state index in [9.17, 15) is 9.90 Å². The molecule has 3 N–H and O–H groups in total. The minimum Gasteiger partial charge on any atom is -0.492 e. The first-order chi connectivity index (χ1) is 18.0. The second kappa shape index (κ2) is 8.49. The molecule has 2 fully saturated rings. The van der Waals surface area contributed by atoms with Crippen molar-refractivity contribution in [2.75, 3.05) is 11.9 Å². The quantitative estimate of drug-likeness (QED) is 0.323. The molecule has 3 aliphatic rings. The van der Waals surface area contributed by atoms with Gasteiger partial charge in [-0.3, -0.25) is 9.89 Å². The predicted octanol–water partition coefficient (Wildman–Crippen LogP) is 5.18. The molecule has 0 bridgehead atoms. The van der Waals surface area contributed by atoms with Crippen molar-refractivity contribution < 1.29 is 14.6 Å². The molecule has 4 aromatic rings. The molecule has 5 atom stereocenters. The Bertz CT molecular complexity index is 1530. The molecule has 7 rings (SSSR count). The fourth-order valence-electron chi connectivity index (χ4n) is 6.99. The third-order valence-corrected chi connectivity index (χ3v) is 9.98. The summed E-state index contributed by atoms with van der Waals surface area (Å²) in [4.78, 5) is 24.9. The number of Topliss-reactive ketones (excluding diaryl/α,β-unsaturated/α-hetero) is 1. The van der Waals surface area contributed by atoms with Crippen molar-refractivity contribution in [1.82, 2.24) is 20.2 Å². The Morgan fingerprint density at radius 1 is 1.32 bits per heavy atom. The number of hydrogen-bond donors (Lipinski definition) is 3. The molecule has 0 saturated heterocycles. The van der Waals surface area contributed by atoms with Crippen LogP contribution in [-0.2, 0) is 17.6 Å². The van der Waals surface area contributed by atoms with Gasteiger partial charge in [0.15, 0.2) is 0 Å². The van der Waals surface area contributed by atoms with Gasteiger partial charge in [-0.2, -0.15) is 5.10 Å². The number of H-pyrrole nitrogens is 1. The predicted molar refractivity (Wildman–Crippen MR) is 143 cm³/mol. The lowest BCUT2D eigenvalue weighted by Crippen LogP contribution is -2.27. The van der Waals surface area contributed by atoms with Crippen LogP contribution in [0.2, 0.25) is 0 Å². The van der Waals surface area contributed by atoms with Gasteiger partial charge in [0.2, 0.25) is 0 Å². The molecule has 4 unspecified atom stereocenters. The van der Waals surface area contributed by atoms with Gasteiger partial charge in [0.05, 0.1) is 35.5 Å². The third-order valence-electron chi connectivity index (χ3n) is 8.82. The van der Waals surface area contributed by atoms with Gasteiger partial charge in [-0.05, 0) is 63.0 Å². The van der Waals surface area contributed by atoms with E-state index in [1.807, 2.05) is 19.1 Å². The average Bonchev–Trinajstić information content (AvgIpc) is 3.13. The molecule has 3 heterocycles. The molecular weight excluding hydrogens is 486 g/mol. The molecule has 1 aromatic carbocycles. The topological polar surface area (TPSA) is 113 Å². The standard InChI is InChI=1S/C28H31N5O3S/c1-3-36-21-9-19-16(12-31-33-19)7-20(21)32-26-24-17-5-4-15(8-22(17)37-27(24)30-13-29-26)25(35)18-11-28(18)10-14(2)6-23(28)34/h7,9,12-15,18,23,34H,3-6,8,10-11H2,1-2H3,(H,31,33)(H,29,30,32)/t14?,15-,18?,23?,28?/m0/s1. The van der Waals surface area contributed by atoms with Crippen LogP contribution in [0.3, 0.4) is 0 Å². The van der Waals surface area contributed by atoms with Crippen LogP contribution in [0.4, 0.5) is 11.5 Å². The van der Waals surface area contributed by atoms with E-state index in [1.165, 1.54) is 10.4 Å². The van der Waals surface area contributed by atoms with Crippen molar-refractivity contribution >= 4 is 49.7 Å². The summed E-state index contributed by atoms with van der Waals surface area (Å²) in [6.45, 7) is 4.71. The lowest BCUT2D eigenvalue weighted by molar-refractivity contribution is -0.125. The number of aryl methyl sites for hydroxylation is 1. The molecular formula is C28H31N5O3S. The summed E-state index contributed by atoms with van der Waals surface area (Å²) in [5.41, 5.74) is 2.88. The van der Waals surface area contributed by atoms with Crippen LogP contribution >= 0.6 is 11.3 Å². The average molecular weight is 518 g/mol. The maximum atomic E-state index is 13.5. The fraction of sp³-hybridized carbons (Fsp3) is 0.500. The van der Waals surface area contributed by atoms with Crippen molar-refractivity contribution in [3.8, 4) is 5.75 Å². The van der Waals surface area contributed by atoms with Crippen LogP contribution in [0.15, 0.2) is 24.7 Å². The maximum absolute atomic E-state index is 13.5. The van der Waals surface area contributed by atoms with E-state index in [4.69, 9.17) is 4.74 Å². The van der Waals surface area contributed by atoms with Crippen LogP contribution < -0.4 is 10.1 Å². The highest BCUT2D eigenvalue weighted by atomic mass is 32.1. The largest absolute Gasteiger partial charge is 0.492 e. The highest BCUT2D eigenvalue weighted by Crippen LogP contribution is 2.65. The second-order valence-electron chi connectivity index (χ2n) is 11.2. The lowest BCUT2D eigenvalue weighted by atomic mass is 9.82. The maximum Gasteiger partial charge on any atom is 0.144 e. The number of benzene rings is 1. The lowest BCUT2D eigenvalue weighted by Gasteiger charge is -2.23. The number of thiophene rings is 1. The second-order valence-corrected chi connectivity index (χ2v) is 12.2. The number of carbonyl (C=O) groups is 1. The molecule has 1 spiro atoms. The van der Waals surface area contributed by atoms with Crippen LogP contribution in [0.25, 0.3) is 21.1 Å². The zero-order chi connectivity index (χ0) is 25.3. The minimum absolute atomic E-state index is 0.0328. The zero-order valence-electron chi connectivity index (χ0n) is 21.1. The number of aliphatic hydroxyl groups excluding tert-OH is 1. The fourth-order valence-corrected chi connectivity index (χ4v) is 8.25. The van der Waals surface area contributed by atoms with E-state index in [0.717, 1.165) is 76.9 Å². The number of fused-ring (bicyclic) bond motifs is 4. The van der Waals surface area contributed by atoms with Crippen molar-refractivity contribution in [3.05, 3.63) is 35.1 Å². The normalized spacial score (nSPS) is 28.6. The summed E-state index contributed by atoms with van der Waals surface area (Å²) in [7, 11) is 0. The molecule has 0 amide bonds. The van der Waals surface area contributed by atoms with Crippen molar-refractivity contribution in [2.45, 2.75) is 58.5 Å². The first kappa shape index (κ1) is 23.1. The summed E-state index contributed by atoms with van der Waals surface area (Å²) in [5.74, 6) is 2.46. The number of nitrogens with one attached hydrogen (secondary N) is 2. The molecule has 2 saturated carbocycles. The molecule has 3 aliphatic carbocycles. The Morgan fingerprint density at radius 3 is 3.03 bits per heavy atom. The first-order valence-electron chi connectivity index (χ1n) is 13.3. The third kappa shape index (κ3) is 3.66. The first-order valence-corrected chi connectivity index (χ1v) is 14.1. The van der Waals surface area contributed by atoms with Gasteiger partial charge in [0, 0.05) is 33.6 Å². The van der Waals surface area contributed by atoms with E-state index < -0.39 is 0 Å². The molecule has 192 valence electrons. The Morgan fingerprint density at radius 2 is 2.22 bits per heavy atom. The smallest absolute Gasteiger partial charge is 0.144 e. The minimum atomic E-state index is -0.313. The molecule has 3 aromatic heterocycles. The van der Waals surface area contributed by atoms with Crippen molar-refractivity contribution in [1.29, 1.82) is 0 Å². The number of aliphatic hydroxyl groups is 1. The van der Waals surface area contributed by atoms with Crippen molar-refractivity contribution in [3.63, 3.8) is 0 Å². The number of aromatic amines is 1. The Labute approximate surface area is 218 Å². The number of nitrogens with zero attached hydrogens (tertiary/aromatic N) is 3. The number of ketones is 1.